The molecule has 4 aliphatic heterocycles. The van der Waals surface area contributed by atoms with Gasteiger partial charge in [-0.15, -0.1) is 22.6 Å². The number of fused-ring (bicyclic) bond motifs is 2. The summed E-state index contributed by atoms with van der Waals surface area (Å²) < 4.78 is 7.24. The summed E-state index contributed by atoms with van der Waals surface area (Å²) in [6, 6.07) is 17.3. The van der Waals surface area contributed by atoms with Crippen LogP contribution in [0.3, 0.4) is 0 Å². The molecule has 27 heteroatoms. The minimum atomic E-state index is 0. The van der Waals surface area contributed by atoms with Crippen LogP contribution in [0.15, 0.2) is 110 Å². The van der Waals surface area contributed by atoms with Crippen LogP contribution in [0.5, 0.6) is 0 Å². The lowest BCUT2D eigenvalue weighted by atomic mass is 9.98. The average molecular weight is 1220 g/mol. The van der Waals surface area contributed by atoms with Gasteiger partial charge in [-0.2, -0.15) is 10.2 Å². The van der Waals surface area contributed by atoms with Crippen molar-refractivity contribution in [3.8, 4) is 44.8 Å². The molecule has 0 spiro atoms. The Labute approximate surface area is 521 Å². The number of aryl methyl sites for hydroxylation is 2. The van der Waals surface area contributed by atoms with Gasteiger partial charge in [0, 0.05) is 192 Å². The zero-order chi connectivity index (χ0) is 60.1. The number of anilines is 2. The molecular weight excluding hydrogens is 1150 g/mol. The highest BCUT2D eigenvalue weighted by Crippen LogP contribution is 2.29. The molecule has 460 valence electrons. The van der Waals surface area contributed by atoms with E-state index in [0.717, 1.165) is 174 Å². The van der Waals surface area contributed by atoms with Crippen LogP contribution in [0.4, 0.5) is 11.9 Å². The monoisotopic (exact) mass is 1220 g/mol. The van der Waals surface area contributed by atoms with E-state index in [0.29, 0.717) is 47.5 Å². The average Bonchev–Trinajstić information content (AvgIpc) is 3.25. The fraction of sp³-hybridized carbons (Fsp3) is 0.419. The quantitative estimate of drug-likeness (QED) is 0.126. The van der Waals surface area contributed by atoms with Crippen molar-refractivity contribution in [2.75, 3.05) is 88.3 Å². The molecule has 0 unspecified atom stereocenters. The lowest BCUT2D eigenvalue weighted by Gasteiger charge is -2.34. The number of piperazine rings is 2. The summed E-state index contributed by atoms with van der Waals surface area (Å²) in [6.07, 6.45) is 22.8. The number of benzene rings is 2. The molecule has 12 heterocycles. The highest BCUT2D eigenvalue weighted by Gasteiger charge is 2.27. The minimum absolute atomic E-state index is 0. The number of aromatic nitrogens is 18. The van der Waals surface area contributed by atoms with E-state index in [-0.39, 0.29) is 24.2 Å². The molecule has 8 aromatic heterocycles. The molecule has 0 N–H and O–H groups in total. The Morgan fingerprint density at radius 2 is 0.854 bits per heavy atom. The van der Waals surface area contributed by atoms with Crippen molar-refractivity contribution in [3.63, 3.8) is 0 Å². The Kier molecular flexibility index (Phi) is 18.2. The Hall–Kier alpha value is -9.27. The summed E-state index contributed by atoms with van der Waals surface area (Å²) in [6.45, 7) is 16.8. The van der Waals surface area contributed by atoms with E-state index >= 15 is 0 Å². The van der Waals surface area contributed by atoms with Gasteiger partial charge in [0.1, 0.15) is 0 Å². The molecule has 10 aromatic rings. The second-order valence-electron chi connectivity index (χ2n) is 23.6. The maximum Gasteiger partial charge on any atom is 0.225 e. The van der Waals surface area contributed by atoms with Gasteiger partial charge in [-0.1, -0.05) is 59.0 Å². The van der Waals surface area contributed by atoms with Gasteiger partial charge >= 0.3 is 0 Å². The number of hydrogen-bond donors (Lipinski definition) is 0. The van der Waals surface area contributed by atoms with Crippen LogP contribution in [-0.2, 0) is 49.9 Å². The van der Waals surface area contributed by atoms with Crippen LogP contribution >= 0.6 is 12.4 Å². The summed E-state index contributed by atoms with van der Waals surface area (Å²) in [7, 11) is 3.77. The van der Waals surface area contributed by atoms with Crippen LogP contribution < -0.4 is 9.80 Å². The Bertz CT molecular complexity index is 3740. The first-order chi connectivity index (χ1) is 43.0. The molecule has 2 atom stereocenters. The fourth-order valence-corrected chi connectivity index (χ4v) is 12.3. The summed E-state index contributed by atoms with van der Waals surface area (Å²) in [4.78, 5) is 73.9. The normalized spacial score (nSPS) is 17.6. The van der Waals surface area contributed by atoms with Crippen LogP contribution in [0.1, 0.15) is 50.7 Å². The summed E-state index contributed by atoms with van der Waals surface area (Å²) in [5.74, 6) is 2.55. The van der Waals surface area contributed by atoms with E-state index in [4.69, 9.17) is 29.9 Å². The van der Waals surface area contributed by atoms with Crippen LogP contribution in [0.2, 0.25) is 0 Å². The number of amides is 2. The summed E-state index contributed by atoms with van der Waals surface area (Å²) in [5, 5.41) is 25.7. The Morgan fingerprint density at radius 3 is 1.21 bits per heavy atom. The Morgan fingerprint density at radius 1 is 0.461 bits per heavy atom. The lowest BCUT2D eigenvalue weighted by Crippen LogP contribution is -2.47. The van der Waals surface area contributed by atoms with Crippen LogP contribution in [-0.4, -0.2) is 199 Å². The van der Waals surface area contributed by atoms with Gasteiger partial charge in [0.15, 0.2) is 11.3 Å². The van der Waals surface area contributed by atoms with Crippen LogP contribution in [0.25, 0.3) is 67.4 Å². The highest BCUT2D eigenvalue weighted by atomic mass is 35.5. The Balaban J connectivity index is 0.000000171. The smallest absolute Gasteiger partial charge is 0.225 e. The number of nitrogens with zero attached hydrogens (tertiary/aromatic N) is 24. The van der Waals surface area contributed by atoms with Gasteiger partial charge in [-0.05, 0) is 59.8 Å². The maximum absolute atomic E-state index is 11.6. The zero-order valence-electron chi connectivity index (χ0n) is 50.6. The first kappa shape index (κ1) is 60.0. The molecule has 4 aliphatic rings. The van der Waals surface area contributed by atoms with E-state index in [1.807, 2.05) is 70.4 Å². The molecule has 2 amide bonds. The number of rotatable bonds is 14. The van der Waals surface area contributed by atoms with Gasteiger partial charge in [0.2, 0.25) is 35.0 Å². The van der Waals surface area contributed by atoms with Gasteiger partial charge in [-0.3, -0.25) is 28.8 Å². The number of carbonyl (C=O) groups excluding carboxylic acids is 2. The highest BCUT2D eigenvalue weighted by molar-refractivity contribution is 5.85. The molecule has 26 nitrogen and oxygen atoms in total. The van der Waals surface area contributed by atoms with E-state index in [1.165, 1.54) is 11.1 Å². The largest absolute Gasteiger partial charge is 0.340 e. The van der Waals surface area contributed by atoms with Crippen molar-refractivity contribution in [2.24, 2.45) is 25.9 Å². The second-order valence-corrected chi connectivity index (χ2v) is 23.6. The van der Waals surface area contributed by atoms with Gasteiger partial charge < -0.3 is 19.6 Å². The third kappa shape index (κ3) is 14.2. The van der Waals surface area contributed by atoms with Crippen molar-refractivity contribution in [2.45, 2.75) is 65.7 Å². The first-order valence-corrected chi connectivity index (χ1v) is 30.4. The van der Waals surface area contributed by atoms with Crippen molar-refractivity contribution in [1.29, 1.82) is 0 Å². The van der Waals surface area contributed by atoms with E-state index in [2.05, 4.69) is 109 Å². The second kappa shape index (κ2) is 27.0. The number of carbonyl (C=O) groups is 2. The van der Waals surface area contributed by atoms with E-state index in [1.54, 1.807) is 48.0 Å². The van der Waals surface area contributed by atoms with E-state index in [9.17, 15) is 9.59 Å². The molecule has 0 saturated carbocycles. The van der Waals surface area contributed by atoms with Gasteiger partial charge in [-0.25, -0.2) is 49.2 Å². The molecular formula is C62H73ClN24O2. The van der Waals surface area contributed by atoms with Crippen molar-refractivity contribution >= 4 is 58.7 Å². The van der Waals surface area contributed by atoms with Gasteiger partial charge in [0.25, 0.3) is 0 Å². The number of halogens is 1. The molecule has 0 radical (unpaired) electrons. The molecule has 14 rings (SSSR count). The predicted octanol–water partition coefficient (Wildman–Crippen LogP) is 5.74. The standard InChI is InChI=1S/2C31H36N12O.ClH/c2*1-22(44)41-12-10-40(11-13-41)18-23-5-7-25(8-6-23)26-14-33-31(34-15-26)42-9-3-4-24(19-42)20-43-30-29(37-38-43)32-17-28(36-30)27-16-35-39(2)21-27;/h2*5-8,14-17,21,24H,3-4,9-13,18-20H2,1-2H3;1H/t2*24-;/m00./s1. The minimum Gasteiger partial charge on any atom is -0.340 e. The van der Waals surface area contributed by atoms with Crippen molar-refractivity contribution in [3.05, 3.63) is 122 Å². The SMILES string of the molecule is CC(=O)N1CCN(Cc2ccc(-c3cnc(N4CCC[C@H](Cn5nnc6ncc(-c7cnn(C)c7)nc65)C4)nc3)cc2)CC1.CC(=O)N1CCN(Cc2ccc(-c3cnc(N4CCC[C@H](Cn5nnc6ncc(-c7cnn(C)c7)nc65)C4)nc3)cc2)CC1.Cl. The van der Waals surface area contributed by atoms with Crippen molar-refractivity contribution < 1.29 is 9.59 Å². The van der Waals surface area contributed by atoms with Crippen molar-refractivity contribution in [1.82, 2.24) is 109 Å². The topological polar surface area (TPSA) is 254 Å². The molecule has 89 heavy (non-hydrogen) atoms. The molecule has 2 aromatic carbocycles. The third-order valence-electron chi connectivity index (χ3n) is 17.2. The predicted molar refractivity (Wildman–Crippen MR) is 338 cm³/mol. The first-order valence-electron chi connectivity index (χ1n) is 30.4. The third-order valence-corrected chi connectivity index (χ3v) is 17.2. The fourth-order valence-electron chi connectivity index (χ4n) is 12.3. The molecule has 0 bridgehead atoms. The van der Waals surface area contributed by atoms with Gasteiger partial charge in [0.05, 0.1) is 36.2 Å². The molecule has 4 fully saturated rings. The van der Waals surface area contributed by atoms with Crippen LogP contribution in [0, 0.1) is 11.8 Å². The molecule has 0 aliphatic carbocycles. The number of piperidine rings is 2. The maximum atomic E-state index is 11.6. The summed E-state index contributed by atoms with van der Waals surface area (Å²) in [5.41, 5.74) is 12.5. The van der Waals surface area contributed by atoms with E-state index < -0.39 is 0 Å². The summed E-state index contributed by atoms with van der Waals surface area (Å²) >= 11 is 0. The number of hydrogen-bond acceptors (Lipinski definition) is 20. The lowest BCUT2D eigenvalue weighted by molar-refractivity contribution is -0.131. The zero-order valence-corrected chi connectivity index (χ0v) is 51.5. The molecule has 4 saturated heterocycles.